The van der Waals surface area contributed by atoms with Crippen molar-refractivity contribution >= 4 is 11.3 Å². The number of hydrogen-bond acceptors (Lipinski definition) is 3. The van der Waals surface area contributed by atoms with Crippen LogP contribution >= 0.6 is 11.3 Å². The van der Waals surface area contributed by atoms with E-state index in [1.807, 2.05) is 11.3 Å². The topological polar surface area (TPSA) is 38.9 Å². The van der Waals surface area contributed by atoms with Crippen molar-refractivity contribution in [3.8, 4) is 0 Å². The molecule has 1 aromatic heterocycles. The lowest BCUT2D eigenvalue weighted by Crippen LogP contribution is -2.00. The minimum atomic E-state index is 0.601. The lowest BCUT2D eigenvalue weighted by Gasteiger charge is -2.06. The van der Waals surface area contributed by atoms with Gasteiger partial charge in [0, 0.05) is 4.88 Å². The van der Waals surface area contributed by atoms with E-state index in [4.69, 9.17) is 10.7 Å². The van der Waals surface area contributed by atoms with Crippen LogP contribution in [0.5, 0.6) is 0 Å². The molecule has 1 heterocycles. The fourth-order valence-corrected chi connectivity index (χ4v) is 3.06. The van der Waals surface area contributed by atoms with E-state index in [-0.39, 0.29) is 0 Å². The van der Waals surface area contributed by atoms with Gasteiger partial charge in [0.2, 0.25) is 0 Å². The van der Waals surface area contributed by atoms with Gasteiger partial charge < -0.3 is 5.73 Å². The average Bonchev–Trinajstić information content (AvgIpc) is 2.60. The fourth-order valence-electron chi connectivity index (χ4n) is 1.93. The molecular formula is C14H26N2S. The summed E-state index contributed by atoms with van der Waals surface area (Å²) in [5, 5.41) is 1.30. The SMILES string of the molecule is CC(C)Cc1nc(CCCCN)sc1C(C)C. The van der Waals surface area contributed by atoms with Gasteiger partial charge in [-0.2, -0.15) is 0 Å². The van der Waals surface area contributed by atoms with Crippen LogP contribution in [0.2, 0.25) is 0 Å². The standard InChI is InChI=1S/C14H26N2S/c1-10(2)9-12-14(11(3)4)17-13(16-12)7-5-6-8-15/h10-11H,5-9,15H2,1-4H3. The van der Waals surface area contributed by atoms with Crippen LogP contribution in [0.1, 0.15) is 62.0 Å². The van der Waals surface area contributed by atoms with Crippen molar-refractivity contribution in [3.05, 3.63) is 15.6 Å². The van der Waals surface area contributed by atoms with Crippen LogP contribution in [-0.2, 0) is 12.8 Å². The van der Waals surface area contributed by atoms with Gasteiger partial charge in [0.05, 0.1) is 10.7 Å². The van der Waals surface area contributed by atoms with Crippen molar-refractivity contribution < 1.29 is 0 Å². The average molecular weight is 254 g/mol. The lowest BCUT2D eigenvalue weighted by atomic mass is 10.0. The monoisotopic (exact) mass is 254 g/mol. The molecule has 0 saturated heterocycles. The van der Waals surface area contributed by atoms with Crippen LogP contribution in [0.15, 0.2) is 0 Å². The third-order valence-electron chi connectivity index (χ3n) is 2.74. The number of unbranched alkanes of at least 4 members (excludes halogenated alkanes) is 1. The van der Waals surface area contributed by atoms with E-state index < -0.39 is 0 Å². The molecule has 0 saturated carbocycles. The highest BCUT2D eigenvalue weighted by molar-refractivity contribution is 7.11. The third kappa shape index (κ3) is 4.76. The molecule has 0 radical (unpaired) electrons. The van der Waals surface area contributed by atoms with Gasteiger partial charge in [-0.1, -0.05) is 27.7 Å². The third-order valence-corrected chi connectivity index (χ3v) is 4.20. The molecule has 0 atom stereocenters. The van der Waals surface area contributed by atoms with E-state index in [0.29, 0.717) is 11.8 Å². The Balaban J connectivity index is 2.73. The van der Waals surface area contributed by atoms with Crippen molar-refractivity contribution in [3.63, 3.8) is 0 Å². The molecular weight excluding hydrogens is 228 g/mol. The minimum absolute atomic E-state index is 0.601. The Labute approximate surface area is 110 Å². The van der Waals surface area contributed by atoms with Gasteiger partial charge in [0.15, 0.2) is 0 Å². The van der Waals surface area contributed by atoms with Gasteiger partial charge in [-0.05, 0) is 44.1 Å². The van der Waals surface area contributed by atoms with Crippen LogP contribution in [0, 0.1) is 5.92 Å². The van der Waals surface area contributed by atoms with Crippen LogP contribution < -0.4 is 5.73 Å². The molecule has 3 heteroatoms. The Kier molecular flexibility index (Phi) is 6.14. The quantitative estimate of drug-likeness (QED) is 0.753. The van der Waals surface area contributed by atoms with Crippen molar-refractivity contribution in [1.82, 2.24) is 4.98 Å². The Morgan fingerprint density at radius 2 is 1.88 bits per heavy atom. The van der Waals surface area contributed by atoms with Gasteiger partial charge in [-0.15, -0.1) is 11.3 Å². The van der Waals surface area contributed by atoms with Crippen molar-refractivity contribution in [2.45, 2.75) is 59.3 Å². The second-order valence-corrected chi connectivity index (χ2v) is 6.53. The summed E-state index contributed by atoms with van der Waals surface area (Å²) >= 11 is 1.91. The number of nitrogens with two attached hydrogens (primary N) is 1. The Hall–Kier alpha value is -0.410. The summed E-state index contributed by atoms with van der Waals surface area (Å²) in [7, 11) is 0. The van der Waals surface area contributed by atoms with E-state index in [2.05, 4.69) is 27.7 Å². The zero-order valence-corrected chi connectivity index (χ0v) is 12.4. The highest BCUT2D eigenvalue weighted by Gasteiger charge is 2.14. The fraction of sp³-hybridized carbons (Fsp3) is 0.786. The summed E-state index contributed by atoms with van der Waals surface area (Å²) in [6.45, 7) is 9.85. The second-order valence-electron chi connectivity index (χ2n) is 5.42. The van der Waals surface area contributed by atoms with Gasteiger partial charge in [-0.25, -0.2) is 4.98 Å². The maximum absolute atomic E-state index is 5.52. The number of rotatable bonds is 7. The van der Waals surface area contributed by atoms with Crippen LogP contribution in [0.3, 0.4) is 0 Å². The summed E-state index contributed by atoms with van der Waals surface area (Å²) in [6.07, 6.45) is 4.49. The zero-order valence-electron chi connectivity index (χ0n) is 11.6. The first-order valence-corrected chi connectivity index (χ1v) is 7.54. The van der Waals surface area contributed by atoms with E-state index >= 15 is 0 Å². The highest BCUT2D eigenvalue weighted by atomic mass is 32.1. The van der Waals surface area contributed by atoms with E-state index in [1.165, 1.54) is 22.0 Å². The number of nitrogens with zero attached hydrogens (tertiary/aromatic N) is 1. The molecule has 0 unspecified atom stereocenters. The van der Waals surface area contributed by atoms with Crippen molar-refractivity contribution in [1.29, 1.82) is 0 Å². The largest absolute Gasteiger partial charge is 0.330 e. The van der Waals surface area contributed by atoms with Gasteiger partial charge >= 0.3 is 0 Å². The van der Waals surface area contributed by atoms with Crippen LogP contribution in [-0.4, -0.2) is 11.5 Å². The second kappa shape index (κ2) is 7.12. The first-order valence-electron chi connectivity index (χ1n) is 6.73. The molecule has 17 heavy (non-hydrogen) atoms. The molecule has 0 aromatic carbocycles. The van der Waals surface area contributed by atoms with E-state index in [9.17, 15) is 0 Å². The predicted octanol–water partition coefficient (Wildman–Crippen LogP) is 3.75. The molecule has 1 aromatic rings. The Bertz CT molecular complexity index is 329. The molecule has 98 valence electrons. The summed E-state index contributed by atoms with van der Waals surface area (Å²) in [6, 6.07) is 0. The molecule has 0 spiro atoms. The predicted molar refractivity (Wildman–Crippen MR) is 76.7 cm³/mol. The molecule has 0 aliphatic carbocycles. The lowest BCUT2D eigenvalue weighted by molar-refractivity contribution is 0.627. The molecule has 0 aliphatic heterocycles. The summed E-state index contributed by atoms with van der Waals surface area (Å²) in [4.78, 5) is 6.31. The van der Waals surface area contributed by atoms with Gasteiger partial charge in [0.1, 0.15) is 0 Å². The van der Waals surface area contributed by atoms with Crippen LogP contribution in [0.4, 0.5) is 0 Å². The molecule has 0 bridgehead atoms. The number of hydrogen-bond donors (Lipinski definition) is 1. The highest BCUT2D eigenvalue weighted by Crippen LogP contribution is 2.29. The maximum atomic E-state index is 5.52. The number of aromatic nitrogens is 1. The summed E-state index contributed by atoms with van der Waals surface area (Å²) in [5.74, 6) is 1.29. The molecule has 0 fully saturated rings. The molecule has 2 N–H and O–H groups in total. The van der Waals surface area contributed by atoms with Crippen LogP contribution in [0.25, 0.3) is 0 Å². The maximum Gasteiger partial charge on any atom is 0.0931 e. The molecule has 0 aliphatic rings. The Morgan fingerprint density at radius 1 is 1.18 bits per heavy atom. The van der Waals surface area contributed by atoms with E-state index in [0.717, 1.165) is 25.8 Å². The molecule has 2 nitrogen and oxygen atoms in total. The smallest absolute Gasteiger partial charge is 0.0931 e. The first-order chi connectivity index (χ1) is 8.04. The normalized spacial score (nSPS) is 11.7. The summed E-state index contributed by atoms with van der Waals surface area (Å²) in [5.41, 5.74) is 6.86. The first kappa shape index (κ1) is 14.7. The van der Waals surface area contributed by atoms with Crippen molar-refractivity contribution in [2.75, 3.05) is 6.54 Å². The van der Waals surface area contributed by atoms with Gasteiger partial charge in [0.25, 0.3) is 0 Å². The number of aryl methyl sites for hydroxylation is 1. The number of thiazole rings is 1. The Morgan fingerprint density at radius 3 is 2.41 bits per heavy atom. The van der Waals surface area contributed by atoms with Crippen molar-refractivity contribution in [2.24, 2.45) is 11.7 Å². The zero-order chi connectivity index (χ0) is 12.8. The minimum Gasteiger partial charge on any atom is -0.330 e. The van der Waals surface area contributed by atoms with Gasteiger partial charge in [-0.3, -0.25) is 0 Å². The van der Waals surface area contributed by atoms with E-state index in [1.54, 1.807) is 0 Å². The molecule has 0 amide bonds. The summed E-state index contributed by atoms with van der Waals surface area (Å²) < 4.78 is 0. The molecule has 1 rings (SSSR count).